The highest BCUT2D eigenvalue weighted by Crippen LogP contribution is 2.20. The smallest absolute Gasteiger partial charge is 0.407 e. The van der Waals surface area contributed by atoms with Gasteiger partial charge in [0, 0.05) is 0 Å². The zero-order valence-corrected chi connectivity index (χ0v) is 14.4. The fourth-order valence-electron chi connectivity index (χ4n) is 1.57. The fourth-order valence-corrected chi connectivity index (χ4v) is 1.57. The van der Waals surface area contributed by atoms with Crippen molar-refractivity contribution in [1.29, 1.82) is 0 Å². The van der Waals surface area contributed by atoms with Crippen molar-refractivity contribution in [2.45, 2.75) is 47.1 Å². The third-order valence-corrected chi connectivity index (χ3v) is 2.41. The molecule has 0 unspecified atom stereocenters. The number of hydrogen-bond acceptors (Lipinski definition) is 3. The van der Waals surface area contributed by atoms with E-state index in [4.69, 9.17) is 15.9 Å². The predicted octanol–water partition coefficient (Wildman–Crippen LogP) is 3.91. The topological polar surface area (TPSA) is 47.6 Å². The maximum Gasteiger partial charge on any atom is 0.407 e. The van der Waals surface area contributed by atoms with Gasteiger partial charge >= 0.3 is 6.09 Å². The van der Waals surface area contributed by atoms with Crippen LogP contribution < -0.4 is 10.1 Å². The van der Waals surface area contributed by atoms with Gasteiger partial charge in [-0.3, -0.25) is 0 Å². The summed E-state index contributed by atoms with van der Waals surface area (Å²) in [4.78, 5) is 11.4. The minimum Gasteiger partial charge on any atom is -0.490 e. The van der Waals surface area contributed by atoms with Crippen LogP contribution in [0.2, 0.25) is 0 Å². The summed E-state index contributed by atoms with van der Waals surface area (Å²) in [6, 6.07) is 5.63. The number of amides is 1. The first-order valence-electron chi connectivity index (χ1n) is 7.49. The molecule has 4 nitrogen and oxygen atoms in total. The number of rotatable bonds is 4. The molecular weight excluding hydrogens is 278 g/mol. The van der Waals surface area contributed by atoms with Gasteiger partial charge in [-0.2, -0.15) is 0 Å². The molecule has 0 aromatic heterocycles. The molecule has 0 aliphatic heterocycles. The number of alkyl carbamates (subject to hydrolysis) is 1. The van der Waals surface area contributed by atoms with Crippen LogP contribution in [0.25, 0.3) is 0 Å². The number of ether oxygens (including phenoxy) is 2. The van der Waals surface area contributed by atoms with E-state index in [1.54, 1.807) is 0 Å². The highest BCUT2D eigenvalue weighted by Gasteiger charge is 2.15. The Bertz CT molecular complexity index is 510. The van der Waals surface area contributed by atoms with Crippen molar-refractivity contribution < 1.29 is 14.3 Å². The first kappa shape index (κ1) is 19.9. The molecule has 0 aliphatic rings. The van der Waals surface area contributed by atoms with E-state index in [9.17, 15) is 4.79 Å². The third-order valence-electron chi connectivity index (χ3n) is 2.41. The molecule has 1 amide bonds. The first-order chi connectivity index (χ1) is 10.3. The quantitative estimate of drug-likeness (QED) is 0.678. The van der Waals surface area contributed by atoms with Gasteiger partial charge in [0.1, 0.15) is 18.0 Å². The average Bonchev–Trinajstić information content (AvgIpc) is 2.44. The highest BCUT2D eigenvalue weighted by atomic mass is 16.6. The Hall–Kier alpha value is -2.15. The van der Waals surface area contributed by atoms with E-state index in [2.05, 4.69) is 11.2 Å². The maximum atomic E-state index is 11.4. The van der Waals surface area contributed by atoms with Crippen molar-refractivity contribution >= 4 is 6.09 Å². The van der Waals surface area contributed by atoms with Gasteiger partial charge in [-0.05, 0) is 39.3 Å². The molecule has 0 saturated heterocycles. The SMILES string of the molecule is C#Cc1c(C)cccc1OCCNC(=O)OC(C)(C)C.CC. The molecule has 0 bridgehead atoms. The summed E-state index contributed by atoms with van der Waals surface area (Å²) in [6.45, 7) is 12.1. The summed E-state index contributed by atoms with van der Waals surface area (Å²) in [5, 5.41) is 2.62. The monoisotopic (exact) mass is 305 g/mol. The Labute approximate surface area is 134 Å². The summed E-state index contributed by atoms with van der Waals surface area (Å²) in [7, 11) is 0. The van der Waals surface area contributed by atoms with Crippen molar-refractivity contribution in [3.8, 4) is 18.1 Å². The lowest BCUT2D eigenvalue weighted by atomic mass is 10.1. The van der Waals surface area contributed by atoms with Crippen LogP contribution in [0.5, 0.6) is 5.75 Å². The average molecular weight is 305 g/mol. The van der Waals surface area contributed by atoms with Crippen molar-refractivity contribution in [1.82, 2.24) is 5.32 Å². The second kappa shape index (κ2) is 9.73. The van der Waals surface area contributed by atoms with E-state index >= 15 is 0 Å². The van der Waals surface area contributed by atoms with Crippen molar-refractivity contribution in [2.24, 2.45) is 0 Å². The Morgan fingerprint density at radius 2 is 1.95 bits per heavy atom. The molecule has 1 N–H and O–H groups in total. The first-order valence-corrected chi connectivity index (χ1v) is 7.49. The van der Waals surface area contributed by atoms with Crippen LogP contribution in [0.15, 0.2) is 18.2 Å². The number of carbonyl (C=O) groups is 1. The van der Waals surface area contributed by atoms with Gasteiger partial charge in [0.05, 0.1) is 12.1 Å². The fraction of sp³-hybridized carbons (Fsp3) is 0.500. The molecule has 22 heavy (non-hydrogen) atoms. The van der Waals surface area contributed by atoms with Crippen LogP contribution in [-0.2, 0) is 4.74 Å². The normalized spacial score (nSPS) is 9.86. The Morgan fingerprint density at radius 1 is 1.32 bits per heavy atom. The van der Waals surface area contributed by atoms with E-state index in [0.29, 0.717) is 18.9 Å². The molecule has 122 valence electrons. The minimum atomic E-state index is -0.502. The zero-order valence-electron chi connectivity index (χ0n) is 14.4. The lowest BCUT2D eigenvalue weighted by Gasteiger charge is -2.19. The van der Waals surface area contributed by atoms with Crippen LogP contribution in [-0.4, -0.2) is 24.8 Å². The number of carbonyl (C=O) groups excluding carboxylic acids is 1. The molecule has 1 aromatic rings. The molecule has 1 rings (SSSR count). The summed E-state index contributed by atoms with van der Waals surface area (Å²) in [5.74, 6) is 3.26. The van der Waals surface area contributed by atoms with Crippen molar-refractivity contribution in [2.75, 3.05) is 13.2 Å². The van der Waals surface area contributed by atoms with Gasteiger partial charge in [0.2, 0.25) is 0 Å². The lowest BCUT2D eigenvalue weighted by Crippen LogP contribution is -2.34. The highest BCUT2D eigenvalue weighted by molar-refractivity contribution is 5.67. The van der Waals surface area contributed by atoms with Gasteiger partial charge in [-0.15, -0.1) is 6.42 Å². The Morgan fingerprint density at radius 3 is 2.50 bits per heavy atom. The van der Waals surface area contributed by atoms with Gasteiger partial charge in [-0.1, -0.05) is 31.9 Å². The number of terminal acetylenes is 1. The Balaban J connectivity index is 0.00000211. The molecule has 0 heterocycles. The molecular formula is C18H27NO3. The van der Waals surface area contributed by atoms with Crippen LogP contribution >= 0.6 is 0 Å². The van der Waals surface area contributed by atoms with Crippen molar-refractivity contribution in [3.05, 3.63) is 29.3 Å². The number of nitrogens with one attached hydrogen (secondary N) is 1. The standard InChI is InChI=1S/C16H21NO3.C2H6/c1-6-13-12(2)8-7-9-14(13)19-11-10-17-15(18)20-16(3,4)5;1-2/h1,7-9H,10-11H2,2-5H3,(H,17,18);1-2H3. The van der Waals surface area contributed by atoms with Crippen LogP contribution in [0.3, 0.4) is 0 Å². The van der Waals surface area contributed by atoms with Crippen LogP contribution in [0.4, 0.5) is 4.79 Å². The Kier molecular flexibility index (Phi) is 8.78. The molecule has 0 atom stereocenters. The van der Waals surface area contributed by atoms with Gasteiger partial charge in [0.25, 0.3) is 0 Å². The lowest BCUT2D eigenvalue weighted by molar-refractivity contribution is 0.0520. The summed E-state index contributed by atoms with van der Waals surface area (Å²) in [5.41, 5.74) is 1.23. The van der Waals surface area contributed by atoms with E-state index < -0.39 is 11.7 Å². The largest absolute Gasteiger partial charge is 0.490 e. The van der Waals surface area contributed by atoms with Crippen LogP contribution in [0, 0.1) is 19.3 Å². The molecule has 0 aliphatic carbocycles. The molecule has 0 spiro atoms. The molecule has 1 aromatic carbocycles. The number of benzene rings is 1. The maximum absolute atomic E-state index is 11.4. The summed E-state index contributed by atoms with van der Waals surface area (Å²) >= 11 is 0. The minimum absolute atomic E-state index is 0.331. The van der Waals surface area contributed by atoms with E-state index in [-0.39, 0.29) is 0 Å². The second-order valence-electron chi connectivity index (χ2n) is 5.37. The number of hydrogen-bond donors (Lipinski definition) is 1. The van der Waals surface area contributed by atoms with Crippen LogP contribution in [0.1, 0.15) is 45.7 Å². The van der Waals surface area contributed by atoms with Gasteiger partial charge < -0.3 is 14.8 Å². The molecule has 4 heteroatoms. The second-order valence-corrected chi connectivity index (χ2v) is 5.37. The summed E-state index contributed by atoms with van der Waals surface area (Å²) < 4.78 is 10.7. The molecule has 0 fully saturated rings. The molecule has 0 saturated carbocycles. The number of aryl methyl sites for hydroxylation is 1. The van der Waals surface area contributed by atoms with E-state index in [1.165, 1.54) is 0 Å². The van der Waals surface area contributed by atoms with Crippen molar-refractivity contribution in [3.63, 3.8) is 0 Å². The van der Waals surface area contributed by atoms with Gasteiger partial charge in [-0.25, -0.2) is 4.79 Å². The predicted molar refractivity (Wildman–Crippen MR) is 90.2 cm³/mol. The molecule has 0 radical (unpaired) electrons. The third kappa shape index (κ3) is 7.58. The van der Waals surface area contributed by atoms with E-state index in [1.807, 2.05) is 59.7 Å². The van der Waals surface area contributed by atoms with Gasteiger partial charge in [0.15, 0.2) is 0 Å². The van der Waals surface area contributed by atoms with E-state index in [0.717, 1.165) is 11.1 Å². The zero-order chi connectivity index (χ0) is 17.2. The summed E-state index contributed by atoms with van der Waals surface area (Å²) in [6.07, 6.45) is 5.00.